The summed E-state index contributed by atoms with van der Waals surface area (Å²) in [5.41, 5.74) is 0. The Balaban J connectivity index is 2.80. The molecule has 0 aromatic carbocycles. The van der Waals surface area contributed by atoms with E-state index in [0.29, 0.717) is 0 Å². The van der Waals surface area contributed by atoms with Gasteiger partial charge in [-0.25, -0.2) is 8.42 Å². The molecule has 22 heavy (non-hydrogen) atoms. The zero-order valence-electron chi connectivity index (χ0n) is 11.4. The van der Waals surface area contributed by atoms with Gasteiger partial charge in [-0.15, -0.1) is 0 Å². The van der Waals surface area contributed by atoms with Crippen molar-refractivity contribution in [2.24, 2.45) is 0 Å². The molecular weight excluding hydrogens is 344 g/mol. The summed E-state index contributed by atoms with van der Waals surface area (Å²) in [7, 11) is -6.12. The Morgan fingerprint density at radius 3 is 2.27 bits per heavy atom. The minimum absolute atomic E-state index is 0.0650. The molecule has 1 aliphatic rings. The third-order valence-corrected chi connectivity index (χ3v) is 6.61. The number of rotatable bonds is 8. The second-order valence-electron chi connectivity index (χ2n) is 4.94. The van der Waals surface area contributed by atoms with Crippen LogP contribution in [0.15, 0.2) is 0 Å². The molecule has 0 saturated carbocycles. The van der Waals surface area contributed by atoms with Crippen LogP contribution in [-0.4, -0.2) is 104 Å². The zero-order valence-corrected chi connectivity index (χ0v) is 13.1. The van der Waals surface area contributed by atoms with Crippen molar-refractivity contribution in [3.05, 3.63) is 0 Å². The van der Waals surface area contributed by atoms with Crippen LogP contribution in [0.1, 0.15) is 0 Å². The molecule has 0 amide bonds. The molecule has 0 bridgehead atoms. The molecular formula is C10H20O10S2. The normalized spacial score (nSPS) is 33.6. The summed E-state index contributed by atoms with van der Waals surface area (Å²) < 4.78 is 35.9. The van der Waals surface area contributed by atoms with E-state index in [-0.39, 0.29) is 11.5 Å². The molecule has 1 heterocycles. The minimum atomic E-state index is -5.22. The van der Waals surface area contributed by atoms with Crippen molar-refractivity contribution in [2.45, 2.75) is 35.8 Å². The van der Waals surface area contributed by atoms with Gasteiger partial charge in [0.2, 0.25) is 10.4 Å². The number of hydrogen-bond acceptors (Lipinski definition) is 10. The molecule has 12 heteroatoms. The van der Waals surface area contributed by atoms with Crippen LogP contribution in [0.4, 0.5) is 0 Å². The summed E-state index contributed by atoms with van der Waals surface area (Å²) in [6, 6.07) is 0. The standard InChI is InChI=1S/C10H20O10S2/c11-1-5(13)10(20-22(17,18)19)7(15)4-21-3-6(14)9(16)8(21)2-12/h5-16H,1-4H2/t5-,6-,7-,8-,9+,10-,21?/m1/s1. The fourth-order valence-electron chi connectivity index (χ4n) is 2.23. The third kappa shape index (κ3) is 5.26. The Morgan fingerprint density at radius 1 is 1.23 bits per heavy atom. The topological polar surface area (TPSA) is 188 Å². The van der Waals surface area contributed by atoms with Crippen molar-refractivity contribution < 1.29 is 47.8 Å². The van der Waals surface area contributed by atoms with Gasteiger partial charge in [0.25, 0.3) is 0 Å². The Kier molecular flexibility index (Phi) is 7.45. The summed E-state index contributed by atoms with van der Waals surface area (Å²) in [4.78, 5) is 0. The van der Waals surface area contributed by atoms with Crippen LogP contribution < -0.4 is 0 Å². The summed E-state index contributed by atoms with van der Waals surface area (Å²) in [6.07, 6.45) is -7.63. The van der Waals surface area contributed by atoms with Gasteiger partial charge in [-0.1, -0.05) is 0 Å². The molecule has 1 fully saturated rings. The van der Waals surface area contributed by atoms with Crippen LogP contribution >= 0.6 is 0 Å². The number of aliphatic hydroxyl groups is 6. The molecule has 1 saturated heterocycles. The van der Waals surface area contributed by atoms with E-state index in [2.05, 4.69) is 4.18 Å². The largest absolute Gasteiger partial charge is 0.726 e. The van der Waals surface area contributed by atoms with Gasteiger partial charge in [0.05, 0.1) is 13.2 Å². The van der Waals surface area contributed by atoms with Crippen LogP contribution in [-0.2, 0) is 25.5 Å². The van der Waals surface area contributed by atoms with Gasteiger partial charge in [0.15, 0.2) is 5.25 Å². The minimum Gasteiger partial charge on any atom is -0.726 e. The van der Waals surface area contributed by atoms with E-state index < -0.39 is 70.3 Å². The highest BCUT2D eigenvalue weighted by atomic mass is 32.3. The molecule has 0 aliphatic carbocycles. The summed E-state index contributed by atoms with van der Waals surface area (Å²) in [5.74, 6) is -0.161. The lowest BCUT2D eigenvalue weighted by Crippen LogP contribution is -2.47. The van der Waals surface area contributed by atoms with Crippen LogP contribution in [0.3, 0.4) is 0 Å². The molecule has 6 N–H and O–H groups in total. The van der Waals surface area contributed by atoms with Gasteiger partial charge in [-0.3, -0.25) is 4.18 Å². The molecule has 0 aromatic rings. The monoisotopic (exact) mass is 364 g/mol. The maximum Gasteiger partial charge on any atom is 0.218 e. The van der Waals surface area contributed by atoms with E-state index >= 15 is 0 Å². The smallest absolute Gasteiger partial charge is 0.218 e. The van der Waals surface area contributed by atoms with Crippen molar-refractivity contribution >= 4 is 21.3 Å². The first-order chi connectivity index (χ1) is 10.1. The van der Waals surface area contributed by atoms with Crippen LogP contribution in [0, 0.1) is 0 Å². The second kappa shape index (κ2) is 8.19. The highest BCUT2D eigenvalue weighted by Gasteiger charge is 2.51. The molecule has 1 unspecified atom stereocenters. The average Bonchev–Trinajstić information content (AvgIpc) is 2.68. The predicted octanol–water partition coefficient (Wildman–Crippen LogP) is -4.74. The van der Waals surface area contributed by atoms with Crippen LogP contribution in [0.2, 0.25) is 0 Å². The number of aliphatic hydroxyl groups excluding tert-OH is 6. The first-order valence-corrected chi connectivity index (χ1v) is 9.31. The molecule has 1 aliphatic heterocycles. The maximum absolute atomic E-state index is 10.6. The SMILES string of the molecule is O=S(=O)([O-])O[C@H]([C@H](O)CO)[C@H](O)C[S+]1C[C@@H](O)[C@H](O)[C@H]1CO. The zero-order chi connectivity index (χ0) is 17.1. The lowest BCUT2D eigenvalue weighted by atomic mass is 10.1. The molecule has 0 aromatic heterocycles. The van der Waals surface area contributed by atoms with Crippen molar-refractivity contribution in [1.82, 2.24) is 0 Å². The lowest BCUT2D eigenvalue weighted by Gasteiger charge is -2.27. The van der Waals surface area contributed by atoms with Gasteiger partial charge < -0.3 is 35.2 Å². The van der Waals surface area contributed by atoms with Gasteiger partial charge in [-0.2, -0.15) is 0 Å². The Bertz CT molecular complexity index is 443. The molecule has 1 rings (SSSR count). The fraction of sp³-hybridized carbons (Fsp3) is 1.00. The summed E-state index contributed by atoms with van der Waals surface area (Å²) in [6.45, 7) is -1.40. The molecule has 0 spiro atoms. The fourth-order valence-corrected chi connectivity index (χ4v) is 5.44. The van der Waals surface area contributed by atoms with E-state index in [1.807, 2.05) is 0 Å². The van der Waals surface area contributed by atoms with E-state index in [4.69, 9.17) is 5.11 Å². The summed E-state index contributed by atoms with van der Waals surface area (Å²) >= 11 is 0. The first-order valence-electron chi connectivity index (χ1n) is 6.35. The molecule has 7 atom stereocenters. The van der Waals surface area contributed by atoms with E-state index in [9.17, 15) is 38.5 Å². The van der Waals surface area contributed by atoms with Crippen molar-refractivity contribution in [3.63, 3.8) is 0 Å². The van der Waals surface area contributed by atoms with E-state index in [1.165, 1.54) is 0 Å². The maximum atomic E-state index is 10.6. The van der Waals surface area contributed by atoms with E-state index in [1.54, 1.807) is 0 Å². The van der Waals surface area contributed by atoms with Crippen molar-refractivity contribution in [1.29, 1.82) is 0 Å². The average molecular weight is 364 g/mol. The van der Waals surface area contributed by atoms with Crippen molar-refractivity contribution in [3.8, 4) is 0 Å². The van der Waals surface area contributed by atoms with Gasteiger partial charge in [-0.05, 0) is 0 Å². The lowest BCUT2D eigenvalue weighted by molar-refractivity contribution is -0.0567. The predicted molar refractivity (Wildman–Crippen MR) is 73.7 cm³/mol. The van der Waals surface area contributed by atoms with Gasteiger partial charge >= 0.3 is 0 Å². The van der Waals surface area contributed by atoms with Crippen LogP contribution in [0.25, 0.3) is 0 Å². The quantitative estimate of drug-likeness (QED) is 0.139. The Labute approximate surface area is 130 Å². The molecule has 10 nitrogen and oxygen atoms in total. The van der Waals surface area contributed by atoms with Crippen molar-refractivity contribution in [2.75, 3.05) is 24.7 Å². The third-order valence-electron chi connectivity index (χ3n) is 3.33. The molecule has 0 radical (unpaired) electrons. The Hall–Kier alpha value is -0.0200. The van der Waals surface area contributed by atoms with E-state index in [0.717, 1.165) is 0 Å². The van der Waals surface area contributed by atoms with Gasteiger partial charge in [0, 0.05) is 10.9 Å². The second-order valence-corrected chi connectivity index (χ2v) is 8.29. The number of hydrogen-bond donors (Lipinski definition) is 6. The first kappa shape index (κ1) is 20.0. The Morgan fingerprint density at radius 2 is 1.82 bits per heavy atom. The highest BCUT2D eigenvalue weighted by molar-refractivity contribution is 7.97. The van der Waals surface area contributed by atoms with Crippen LogP contribution in [0.5, 0.6) is 0 Å². The highest BCUT2D eigenvalue weighted by Crippen LogP contribution is 2.25. The van der Waals surface area contributed by atoms with Gasteiger partial charge in [0.1, 0.15) is 42.0 Å². The summed E-state index contributed by atoms with van der Waals surface area (Å²) in [5, 5.41) is 56.0. The molecule has 132 valence electrons.